The van der Waals surface area contributed by atoms with Gasteiger partial charge in [0, 0.05) is 10.4 Å². The number of hydrogen-bond acceptors (Lipinski definition) is 5. The van der Waals surface area contributed by atoms with Crippen molar-refractivity contribution in [3.05, 3.63) is 45.1 Å². The summed E-state index contributed by atoms with van der Waals surface area (Å²) in [7, 11) is 3.25. The molecule has 0 radical (unpaired) electrons. The molecule has 1 fully saturated rings. The lowest BCUT2D eigenvalue weighted by molar-refractivity contribution is -0.128. The van der Waals surface area contributed by atoms with E-state index in [1.165, 1.54) is 11.3 Å². The minimum absolute atomic E-state index is 0.00379. The average molecular weight is 370 g/mol. The van der Waals surface area contributed by atoms with Crippen LogP contribution in [0.4, 0.5) is 0 Å². The van der Waals surface area contributed by atoms with Gasteiger partial charge in [-0.05, 0) is 30.3 Å². The molecule has 1 aliphatic rings. The Balaban J connectivity index is 1.89. The maximum atomic E-state index is 12.3. The second kappa shape index (κ2) is 7.03. The first-order valence-corrected chi connectivity index (χ1v) is 9.24. The zero-order chi connectivity index (χ0) is 16.4. The molecule has 4 nitrogen and oxygen atoms in total. The summed E-state index contributed by atoms with van der Waals surface area (Å²) in [6.07, 6.45) is 0. The van der Waals surface area contributed by atoms with Gasteiger partial charge in [0.1, 0.15) is 16.9 Å². The third-order valence-corrected chi connectivity index (χ3v) is 6.30. The molecule has 0 spiro atoms. The largest absolute Gasteiger partial charge is 0.497 e. The molecule has 0 bridgehead atoms. The number of methoxy groups -OCH3 is 2. The molecule has 1 atom stereocenters. The maximum absolute atomic E-state index is 12.3. The van der Waals surface area contributed by atoms with Crippen molar-refractivity contribution < 1.29 is 14.3 Å². The molecule has 1 amide bonds. The van der Waals surface area contributed by atoms with Crippen molar-refractivity contribution in [2.45, 2.75) is 11.9 Å². The van der Waals surface area contributed by atoms with Gasteiger partial charge in [0.15, 0.2) is 0 Å². The molecule has 1 aromatic heterocycles. The zero-order valence-corrected chi connectivity index (χ0v) is 15.1. The Morgan fingerprint density at radius 1 is 1.26 bits per heavy atom. The molecule has 122 valence electrons. The number of carbonyl (C=O) groups excluding carboxylic acids is 1. The van der Waals surface area contributed by atoms with Crippen LogP contribution in [0.25, 0.3) is 0 Å². The molecule has 0 N–H and O–H groups in total. The van der Waals surface area contributed by atoms with Crippen LogP contribution in [0.3, 0.4) is 0 Å². The number of carbonyl (C=O) groups is 1. The topological polar surface area (TPSA) is 38.8 Å². The third kappa shape index (κ3) is 3.44. The summed E-state index contributed by atoms with van der Waals surface area (Å²) >= 11 is 9.18. The SMILES string of the molecule is COc1ccc(OC)c(CN2C(=O)CSC2c2ccc(Cl)s2)c1. The molecule has 23 heavy (non-hydrogen) atoms. The molecule has 1 unspecified atom stereocenters. The standard InChI is InChI=1S/C16H16ClNO3S2/c1-20-11-3-4-12(21-2)10(7-11)8-18-15(19)9-22-16(18)13-5-6-14(17)23-13/h3-7,16H,8-9H2,1-2H3. The van der Waals surface area contributed by atoms with Gasteiger partial charge in [-0.25, -0.2) is 0 Å². The quantitative estimate of drug-likeness (QED) is 0.792. The van der Waals surface area contributed by atoms with Crippen molar-refractivity contribution in [3.63, 3.8) is 0 Å². The number of halogens is 1. The van der Waals surface area contributed by atoms with E-state index >= 15 is 0 Å². The van der Waals surface area contributed by atoms with E-state index in [9.17, 15) is 4.79 Å². The number of amides is 1. The Bertz CT molecular complexity index is 719. The Labute approximate surface area is 148 Å². The smallest absolute Gasteiger partial charge is 0.234 e. The fourth-order valence-corrected chi connectivity index (χ4v) is 5.00. The highest BCUT2D eigenvalue weighted by atomic mass is 35.5. The molecular formula is C16H16ClNO3S2. The van der Waals surface area contributed by atoms with E-state index in [0.29, 0.717) is 12.3 Å². The maximum Gasteiger partial charge on any atom is 0.234 e. The lowest BCUT2D eigenvalue weighted by atomic mass is 10.1. The van der Waals surface area contributed by atoms with Crippen molar-refractivity contribution >= 4 is 40.6 Å². The number of hydrogen-bond donors (Lipinski definition) is 0. The highest BCUT2D eigenvalue weighted by Gasteiger charge is 2.34. The summed E-state index contributed by atoms with van der Waals surface area (Å²) in [4.78, 5) is 15.3. The first-order chi connectivity index (χ1) is 11.1. The van der Waals surface area contributed by atoms with E-state index in [-0.39, 0.29) is 11.3 Å². The number of ether oxygens (including phenoxy) is 2. The summed E-state index contributed by atoms with van der Waals surface area (Å²) in [6, 6.07) is 9.47. The van der Waals surface area contributed by atoms with E-state index < -0.39 is 0 Å². The van der Waals surface area contributed by atoms with E-state index in [0.717, 1.165) is 26.3 Å². The van der Waals surface area contributed by atoms with E-state index in [1.54, 1.807) is 26.0 Å². The van der Waals surface area contributed by atoms with Crippen molar-refractivity contribution in [1.29, 1.82) is 0 Å². The van der Waals surface area contributed by atoms with Gasteiger partial charge in [0.2, 0.25) is 5.91 Å². The molecule has 1 saturated heterocycles. The lowest BCUT2D eigenvalue weighted by Crippen LogP contribution is -2.27. The van der Waals surface area contributed by atoms with E-state index in [2.05, 4.69) is 0 Å². The van der Waals surface area contributed by atoms with Crippen LogP contribution in [0.2, 0.25) is 4.34 Å². The first-order valence-electron chi connectivity index (χ1n) is 6.99. The van der Waals surface area contributed by atoms with Gasteiger partial charge in [0.05, 0.1) is 30.9 Å². The van der Waals surface area contributed by atoms with Gasteiger partial charge in [-0.2, -0.15) is 0 Å². The highest BCUT2D eigenvalue weighted by Crippen LogP contribution is 2.43. The summed E-state index contributed by atoms with van der Waals surface area (Å²) in [5, 5.41) is -0.00379. The van der Waals surface area contributed by atoms with Crippen LogP contribution in [0.5, 0.6) is 11.5 Å². The van der Waals surface area contributed by atoms with Crippen molar-refractivity contribution in [2.24, 2.45) is 0 Å². The summed E-state index contributed by atoms with van der Waals surface area (Å²) in [5.41, 5.74) is 0.926. The molecular weight excluding hydrogens is 354 g/mol. The van der Waals surface area contributed by atoms with Gasteiger partial charge in [-0.1, -0.05) is 11.6 Å². The van der Waals surface area contributed by atoms with Crippen LogP contribution >= 0.6 is 34.7 Å². The summed E-state index contributed by atoms with van der Waals surface area (Å²) in [6.45, 7) is 0.479. The predicted molar refractivity (Wildman–Crippen MR) is 94.6 cm³/mol. The second-order valence-corrected chi connectivity index (χ2v) is 7.82. The first kappa shape index (κ1) is 16.5. The number of nitrogens with zero attached hydrogens (tertiary/aromatic N) is 1. The Morgan fingerprint density at radius 2 is 2.09 bits per heavy atom. The molecule has 1 aliphatic heterocycles. The van der Waals surface area contributed by atoms with Crippen molar-refractivity contribution in [2.75, 3.05) is 20.0 Å². The minimum atomic E-state index is -0.00379. The Kier molecular flexibility index (Phi) is 5.04. The van der Waals surface area contributed by atoms with Crippen LogP contribution in [0, 0.1) is 0 Å². The molecule has 2 aromatic rings. The van der Waals surface area contributed by atoms with Crippen molar-refractivity contribution in [1.82, 2.24) is 4.90 Å². The highest BCUT2D eigenvalue weighted by molar-refractivity contribution is 8.00. The van der Waals surface area contributed by atoms with Crippen LogP contribution < -0.4 is 9.47 Å². The van der Waals surface area contributed by atoms with E-state index in [4.69, 9.17) is 21.1 Å². The molecule has 2 heterocycles. The van der Waals surface area contributed by atoms with E-state index in [1.807, 2.05) is 35.2 Å². The van der Waals surface area contributed by atoms with Crippen molar-refractivity contribution in [3.8, 4) is 11.5 Å². The number of thiophene rings is 1. The minimum Gasteiger partial charge on any atom is -0.497 e. The summed E-state index contributed by atoms with van der Waals surface area (Å²) in [5.74, 6) is 2.09. The summed E-state index contributed by atoms with van der Waals surface area (Å²) < 4.78 is 11.4. The van der Waals surface area contributed by atoms with Crippen LogP contribution in [0.1, 0.15) is 15.8 Å². The third-order valence-electron chi connectivity index (χ3n) is 3.63. The normalized spacial score (nSPS) is 17.6. The number of rotatable bonds is 5. The fourth-order valence-electron chi connectivity index (χ4n) is 2.51. The predicted octanol–water partition coefficient (Wildman–Crippen LogP) is 4.19. The van der Waals surface area contributed by atoms with Crippen LogP contribution in [-0.4, -0.2) is 30.8 Å². The lowest BCUT2D eigenvalue weighted by Gasteiger charge is -2.24. The molecule has 7 heteroatoms. The van der Waals surface area contributed by atoms with Gasteiger partial charge in [-0.3, -0.25) is 4.79 Å². The van der Waals surface area contributed by atoms with Crippen LogP contribution in [0.15, 0.2) is 30.3 Å². The average Bonchev–Trinajstić information content (AvgIpc) is 3.14. The molecule has 0 saturated carbocycles. The number of benzene rings is 1. The zero-order valence-electron chi connectivity index (χ0n) is 12.7. The Morgan fingerprint density at radius 3 is 2.74 bits per heavy atom. The number of thioether (sulfide) groups is 1. The monoisotopic (exact) mass is 369 g/mol. The van der Waals surface area contributed by atoms with Gasteiger partial charge in [-0.15, -0.1) is 23.1 Å². The fraction of sp³-hybridized carbons (Fsp3) is 0.312. The second-order valence-electron chi connectivity index (χ2n) is 5.00. The van der Waals surface area contributed by atoms with Gasteiger partial charge < -0.3 is 14.4 Å². The van der Waals surface area contributed by atoms with Gasteiger partial charge >= 0.3 is 0 Å². The molecule has 3 rings (SSSR count). The molecule has 0 aliphatic carbocycles. The van der Waals surface area contributed by atoms with Gasteiger partial charge in [0.25, 0.3) is 0 Å². The molecule has 1 aromatic carbocycles. The van der Waals surface area contributed by atoms with Crippen LogP contribution in [-0.2, 0) is 11.3 Å². The Hall–Kier alpha value is -1.37.